The van der Waals surface area contributed by atoms with Gasteiger partial charge in [-0.2, -0.15) is 0 Å². The predicted molar refractivity (Wildman–Crippen MR) is 96.3 cm³/mol. The molecule has 0 saturated carbocycles. The highest BCUT2D eigenvalue weighted by Gasteiger charge is 2.13. The highest BCUT2D eigenvalue weighted by atomic mass is 32.1. The molecule has 0 aliphatic carbocycles. The van der Waals surface area contributed by atoms with Crippen molar-refractivity contribution in [3.63, 3.8) is 0 Å². The molecule has 0 fully saturated rings. The molecule has 2 N–H and O–H groups in total. The third-order valence-electron chi connectivity index (χ3n) is 3.33. The van der Waals surface area contributed by atoms with Crippen molar-refractivity contribution in [1.29, 1.82) is 0 Å². The van der Waals surface area contributed by atoms with Gasteiger partial charge in [-0.15, -0.1) is 11.3 Å². The minimum absolute atomic E-state index is 0.0636. The Kier molecular flexibility index (Phi) is 6.71. The van der Waals surface area contributed by atoms with Crippen LogP contribution in [0.1, 0.15) is 30.3 Å². The van der Waals surface area contributed by atoms with Crippen molar-refractivity contribution < 1.29 is 19.1 Å². The fraction of sp³-hybridized carbons (Fsp3) is 0.278. The summed E-state index contributed by atoms with van der Waals surface area (Å²) in [5.74, 6) is -0.976. The molecule has 0 aliphatic rings. The molecule has 1 aromatic heterocycles. The van der Waals surface area contributed by atoms with E-state index in [1.54, 1.807) is 35.6 Å². The number of carbonyl (C=O) groups excluding carboxylic acids is 3. The molecule has 0 radical (unpaired) electrons. The number of anilines is 1. The van der Waals surface area contributed by atoms with E-state index in [1.165, 1.54) is 6.92 Å². The number of hydrogen-bond donors (Lipinski definition) is 2. The molecule has 2 aromatic rings. The second kappa shape index (κ2) is 8.98. The van der Waals surface area contributed by atoms with Crippen molar-refractivity contribution in [1.82, 2.24) is 5.32 Å². The Morgan fingerprint density at radius 2 is 1.88 bits per heavy atom. The summed E-state index contributed by atoms with van der Waals surface area (Å²) in [5.41, 5.74) is 1.40. The van der Waals surface area contributed by atoms with Crippen LogP contribution in [-0.2, 0) is 25.5 Å². The van der Waals surface area contributed by atoms with Crippen molar-refractivity contribution >= 4 is 34.8 Å². The number of hydrogen-bond acceptors (Lipinski definition) is 5. The largest absolute Gasteiger partial charge is 0.455 e. The van der Waals surface area contributed by atoms with Crippen molar-refractivity contribution in [3.05, 3.63) is 52.2 Å². The van der Waals surface area contributed by atoms with Crippen molar-refractivity contribution in [2.75, 3.05) is 11.9 Å². The summed E-state index contributed by atoms with van der Waals surface area (Å²) in [7, 11) is 0. The van der Waals surface area contributed by atoms with Gasteiger partial charge >= 0.3 is 5.97 Å². The standard InChI is InChI=1S/C18H20N2O4S/c1-12(16-4-3-9-25-16)19-17(22)11-24-18(23)10-14-5-7-15(8-6-14)20-13(2)21/h3-9,12H,10-11H2,1-2H3,(H,19,22)(H,20,21)/t12-/m1/s1. The molecule has 6 nitrogen and oxygen atoms in total. The van der Waals surface area contributed by atoms with Crippen LogP contribution < -0.4 is 10.6 Å². The summed E-state index contributed by atoms with van der Waals surface area (Å²) < 4.78 is 5.00. The number of benzene rings is 1. The van der Waals surface area contributed by atoms with Crippen molar-refractivity contribution in [2.45, 2.75) is 26.3 Å². The van der Waals surface area contributed by atoms with Crippen LogP contribution in [0.5, 0.6) is 0 Å². The molecule has 0 spiro atoms. The lowest BCUT2D eigenvalue weighted by Crippen LogP contribution is -2.31. The van der Waals surface area contributed by atoms with Gasteiger partial charge in [-0.1, -0.05) is 18.2 Å². The zero-order valence-electron chi connectivity index (χ0n) is 14.1. The second-order valence-electron chi connectivity index (χ2n) is 5.52. The molecule has 1 heterocycles. The van der Waals surface area contributed by atoms with Gasteiger partial charge in [0.05, 0.1) is 12.5 Å². The smallest absolute Gasteiger partial charge is 0.310 e. The summed E-state index contributed by atoms with van der Waals surface area (Å²) in [4.78, 5) is 35.6. The van der Waals surface area contributed by atoms with Crippen LogP contribution in [0.15, 0.2) is 41.8 Å². The first-order valence-electron chi connectivity index (χ1n) is 7.79. The zero-order valence-corrected chi connectivity index (χ0v) is 14.9. The van der Waals surface area contributed by atoms with E-state index in [2.05, 4.69) is 10.6 Å². The van der Waals surface area contributed by atoms with Crippen molar-refractivity contribution in [3.8, 4) is 0 Å². The fourth-order valence-electron chi connectivity index (χ4n) is 2.16. The average Bonchev–Trinajstić information content (AvgIpc) is 3.09. The van der Waals surface area contributed by atoms with E-state index in [0.717, 1.165) is 10.4 Å². The van der Waals surface area contributed by atoms with Gasteiger partial charge in [0.25, 0.3) is 5.91 Å². The minimum Gasteiger partial charge on any atom is -0.455 e. The molecule has 7 heteroatoms. The summed E-state index contributed by atoms with van der Waals surface area (Å²) >= 11 is 1.56. The predicted octanol–water partition coefficient (Wildman–Crippen LogP) is 2.67. The first-order chi connectivity index (χ1) is 11.9. The monoisotopic (exact) mass is 360 g/mol. The molecular weight excluding hydrogens is 340 g/mol. The summed E-state index contributed by atoms with van der Waals surface area (Å²) in [6, 6.07) is 10.6. The molecule has 2 rings (SSSR count). The number of nitrogens with one attached hydrogen (secondary N) is 2. The van der Waals surface area contributed by atoms with E-state index >= 15 is 0 Å². The second-order valence-corrected chi connectivity index (χ2v) is 6.50. The van der Waals surface area contributed by atoms with Crippen LogP contribution in [0, 0.1) is 0 Å². The number of thiophene rings is 1. The van der Waals surface area contributed by atoms with Gasteiger partial charge in [-0.25, -0.2) is 0 Å². The lowest BCUT2D eigenvalue weighted by molar-refractivity contribution is -0.148. The summed E-state index contributed by atoms with van der Waals surface area (Å²) in [6.07, 6.45) is 0.0636. The molecule has 0 saturated heterocycles. The van der Waals surface area contributed by atoms with Crippen LogP contribution in [0.4, 0.5) is 5.69 Å². The van der Waals surface area contributed by atoms with Gasteiger partial charge in [0.1, 0.15) is 0 Å². The number of ether oxygens (including phenoxy) is 1. The molecular formula is C18H20N2O4S. The maximum atomic E-state index is 11.8. The zero-order chi connectivity index (χ0) is 18.2. The number of esters is 1. The Labute approximate surface area is 150 Å². The molecule has 1 aromatic carbocycles. The van der Waals surface area contributed by atoms with Gasteiger partial charge in [0, 0.05) is 17.5 Å². The Hall–Kier alpha value is -2.67. The van der Waals surface area contributed by atoms with Crippen LogP contribution in [0.2, 0.25) is 0 Å². The maximum absolute atomic E-state index is 11.8. The number of rotatable bonds is 7. The van der Waals surface area contributed by atoms with E-state index in [0.29, 0.717) is 5.69 Å². The highest BCUT2D eigenvalue weighted by molar-refractivity contribution is 7.10. The average molecular weight is 360 g/mol. The molecule has 0 aliphatic heterocycles. The SMILES string of the molecule is CC(=O)Nc1ccc(CC(=O)OCC(=O)N[C@H](C)c2cccs2)cc1. The van der Waals surface area contributed by atoms with Crippen molar-refractivity contribution in [2.24, 2.45) is 0 Å². The lowest BCUT2D eigenvalue weighted by Gasteiger charge is -2.12. The Balaban J connectivity index is 1.74. The quantitative estimate of drug-likeness (QED) is 0.744. The highest BCUT2D eigenvalue weighted by Crippen LogP contribution is 2.17. The molecule has 1 atom stereocenters. The fourth-order valence-corrected chi connectivity index (χ4v) is 2.90. The van der Waals surface area contributed by atoms with Crippen LogP contribution in [0.3, 0.4) is 0 Å². The first-order valence-corrected chi connectivity index (χ1v) is 8.67. The van der Waals surface area contributed by atoms with E-state index in [-0.39, 0.29) is 30.9 Å². The summed E-state index contributed by atoms with van der Waals surface area (Å²) in [5, 5.41) is 7.37. The first kappa shape index (κ1) is 18.7. The topological polar surface area (TPSA) is 84.5 Å². The molecule has 0 unspecified atom stereocenters. The summed E-state index contributed by atoms with van der Waals surface area (Å²) in [6.45, 7) is 3.00. The number of carbonyl (C=O) groups is 3. The van der Waals surface area contributed by atoms with Gasteiger partial charge in [-0.05, 0) is 36.1 Å². The van der Waals surface area contributed by atoms with Crippen LogP contribution >= 0.6 is 11.3 Å². The third kappa shape index (κ3) is 6.39. The third-order valence-corrected chi connectivity index (χ3v) is 4.39. The van der Waals surface area contributed by atoms with E-state index in [4.69, 9.17) is 4.74 Å². The van der Waals surface area contributed by atoms with E-state index in [9.17, 15) is 14.4 Å². The Morgan fingerprint density at radius 3 is 2.48 bits per heavy atom. The van der Waals surface area contributed by atoms with Gasteiger partial charge in [-0.3, -0.25) is 14.4 Å². The van der Waals surface area contributed by atoms with Gasteiger partial charge < -0.3 is 15.4 Å². The maximum Gasteiger partial charge on any atom is 0.310 e. The normalized spacial score (nSPS) is 11.4. The molecule has 25 heavy (non-hydrogen) atoms. The Morgan fingerprint density at radius 1 is 1.16 bits per heavy atom. The van der Waals surface area contributed by atoms with E-state index < -0.39 is 5.97 Å². The number of amides is 2. The molecule has 0 bridgehead atoms. The van der Waals surface area contributed by atoms with Gasteiger partial charge in [0.2, 0.25) is 5.91 Å². The lowest BCUT2D eigenvalue weighted by atomic mass is 10.1. The van der Waals surface area contributed by atoms with Gasteiger partial charge in [0.15, 0.2) is 6.61 Å². The van der Waals surface area contributed by atoms with Crippen LogP contribution in [0.25, 0.3) is 0 Å². The van der Waals surface area contributed by atoms with E-state index in [1.807, 2.05) is 24.4 Å². The van der Waals surface area contributed by atoms with Crippen LogP contribution in [-0.4, -0.2) is 24.4 Å². The Bertz CT molecular complexity index is 726. The molecule has 2 amide bonds. The molecule has 132 valence electrons. The minimum atomic E-state index is -0.480.